The van der Waals surface area contributed by atoms with Crippen LogP contribution in [0.5, 0.6) is 0 Å². The summed E-state index contributed by atoms with van der Waals surface area (Å²) in [5, 5.41) is 5.59. The number of carbonyl (C=O) groups is 2. The normalized spacial score (nSPS) is 16.3. The Kier molecular flexibility index (Phi) is 6.89. The molecule has 25 heavy (non-hydrogen) atoms. The van der Waals surface area contributed by atoms with Crippen LogP contribution < -0.4 is 10.6 Å². The van der Waals surface area contributed by atoms with Crippen molar-refractivity contribution >= 4 is 29.1 Å². The predicted molar refractivity (Wildman–Crippen MR) is 92.2 cm³/mol. The van der Waals surface area contributed by atoms with Crippen LogP contribution in [-0.4, -0.2) is 18.4 Å². The van der Waals surface area contributed by atoms with E-state index < -0.39 is 23.5 Å². The molecule has 2 aromatic rings. The molecule has 3 rings (SSSR count). The van der Waals surface area contributed by atoms with E-state index in [-0.39, 0.29) is 11.6 Å². The molecule has 132 valence electrons. The van der Waals surface area contributed by atoms with Crippen LogP contribution in [0.1, 0.15) is 12.8 Å². The predicted octanol–water partition coefficient (Wildman–Crippen LogP) is 3.77. The van der Waals surface area contributed by atoms with E-state index in [0.717, 1.165) is 11.1 Å². The zero-order chi connectivity index (χ0) is 18.2. The van der Waals surface area contributed by atoms with Gasteiger partial charge in [0.05, 0.1) is 5.69 Å². The van der Waals surface area contributed by atoms with Crippen LogP contribution in [0.4, 0.5) is 14.5 Å². The lowest BCUT2D eigenvalue weighted by Gasteiger charge is -2.21. The Morgan fingerprint density at radius 1 is 1.12 bits per heavy atom. The van der Waals surface area contributed by atoms with Gasteiger partial charge in [0.2, 0.25) is 11.8 Å². The minimum Gasteiger partial charge on any atom is -0.355 e. The number of piperidine rings is 1. The van der Waals surface area contributed by atoms with Crippen LogP contribution in [0.25, 0.3) is 0 Å². The van der Waals surface area contributed by atoms with Gasteiger partial charge in [-0.25, -0.2) is 8.78 Å². The van der Waals surface area contributed by atoms with Crippen LogP contribution in [0, 0.1) is 17.6 Å². The van der Waals surface area contributed by atoms with E-state index in [9.17, 15) is 18.4 Å². The van der Waals surface area contributed by atoms with Crippen LogP contribution in [0.2, 0.25) is 5.02 Å². The van der Waals surface area contributed by atoms with Gasteiger partial charge in [-0.2, -0.15) is 0 Å². The van der Waals surface area contributed by atoms with Crippen molar-refractivity contribution < 1.29 is 18.4 Å². The fourth-order valence-electron chi connectivity index (χ4n) is 2.26. The molecule has 4 nitrogen and oxygen atoms in total. The highest BCUT2D eigenvalue weighted by atomic mass is 35.5. The van der Waals surface area contributed by atoms with Gasteiger partial charge >= 0.3 is 0 Å². The fourth-order valence-corrected chi connectivity index (χ4v) is 2.40. The average molecular weight is 367 g/mol. The Morgan fingerprint density at radius 2 is 1.84 bits per heavy atom. The van der Waals surface area contributed by atoms with Crippen LogP contribution >= 0.6 is 11.6 Å². The van der Waals surface area contributed by atoms with E-state index in [1.165, 1.54) is 12.1 Å². The van der Waals surface area contributed by atoms with Gasteiger partial charge in [0.25, 0.3) is 0 Å². The van der Waals surface area contributed by atoms with Gasteiger partial charge in [0.15, 0.2) is 11.6 Å². The number of hydrogen-bond donors (Lipinski definition) is 2. The quantitative estimate of drug-likeness (QED) is 0.795. The van der Waals surface area contributed by atoms with Gasteiger partial charge < -0.3 is 10.6 Å². The van der Waals surface area contributed by atoms with Gasteiger partial charge in [0, 0.05) is 11.6 Å². The van der Waals surface area contributed by atoms with Gasteiger partial charge in [-0.15, -0.1) is 0 Å². The maximum Gasteiger partial charge on any atom is 0.237 e. The third-order valence-electron chi connectivity index (χ3n) is 3.54. The number of nitrogens with one attached hydrogen (secondary N) is 2. The lowest BCUT2D eigenvalue weighted by molar-refractivity contribution is -0.134. The first-order chi connectivity index (χ1) is 12.0. The first-order valence-electron chi connectivity index (χ1n) is 7.72. The van der Waals surface area contributed by atoms with E-state index in [0.29, 0.717) is 19.4 Å². The maximum atomic E-state index is 13.3. The molecule has 0 unspecified atom stereocenters. The summed E-state index contributed by atoms with van der Waals surface area (Å²) >= 11 is 5.54. The highest BCUT2D eigenvalue weighted by Crippen LogP contribution is 2.19. The Labute approximate surface area is 149 Å². The molecular weight excluding hydrogens is 350 g/mol. The first kappa shape index (κ1) is 18.9. The van der Waals surface area contributed by atoms with Crippen molar-refractivity contribution in [1.29, 1.82) is 0 Å². The molecular formula is C18H17ClF2N2O2. The van der Waals surface area contributed by atoms with Crippen molar-refractivity contribution in [1.82, 2.24) is 5.32 Å². The molecule has 0 aliphatic carbocycles. The molecule has 2 aromatic carbocycles. The van der Waals surface area contributed by atoms with E-state index in [4.69, 9.17) is 11.6 Å². The SMILES string of the molecule is Clc1ccccc1.O=C1NCCC[C@H]1C(=O)Nc1cccc(F)c1F. The summed E-state index contributed by atoms with van der Waals surface area (Å²) in [5.41, 5.74) is -0.252. The second kappa shape index (κ2) is 9.13. The molecule has 1 saturated heterocycles. The minimum absolute atomic E-state index is 0.252. The molecule has 1 fully saturated rings. The highest BCUT2D eigenvalue weighted by Gasteiger charge is 2.29. The second-order valence-electron chi connectivity index (χ2n) is 5.37. The lowest BCUT2D eigenvalue weighted by Crippen LogP contribution is -2.42. The van der Waals surface area contributed by atoms with Gasteiger partial charge in [0.1, 0.15) is 5.92 Å². The van der Waals surface area contributed by atoms with Crippen molar-refractivity contribution in [2.75, 3.05) is 11.9 Å². The zero-order valence-corrected chi connectivity index (χ0v) is 14.0. The fraction of sp³-hybridized carbons (Fsp3) is 0.222. The molecule has 7 heteroatoms. The summed E-state index contributed by atoms with van der Waals surface area (Å²) in [6.45, 7) is 0.539. The number of anilines is 1. The molecule has 0 radical (unpaired) electrons. The lowest BCUT2D eigenvalue weighted by atomic mass is 9.97. The monoisotopic (exact) mass is 366 g/mol. The highest BCUT2D eigenvalue weighted by molar-refractivity contribution is 6.30. The van der Waals surface area contributed by atoms with Gasteiger partial charge in [-0.05, 0) is 37.1 Å². The number of carbonyl (C=O) groups excluding carboxylic acids is 2. The molecule has 1 aliphatic rings. The van der Waals surface area contributed by atoms with Crippen LogP contribution in [0.15, 0.2) is 48.5 Å². The van der Waals surface area contributed by atoms with Crippen LogP contribution in [-0.2, 0) is 9.59 Å². The first-order valence-corrected chi connectivity index (χ1v) is 8.10. The third-order valence-corrected chi connectivity index (χ3v) is 3.80. The Morgan fingerprint density at radius 3 is 2.44 bits per heavy atom. The standard InChI is InChI=1S/C12H12F2N2O2.C6H5Cl/c13-8-4-1-5-9(10(8)14)16-12(18)7-3-2-6-15-11(7)17;7-6-4-2-1-3-5-6/h1,4-5,7H,2-3,6H2,(H,15,17)(H,16,18);1-5H/t7-;/m1./s1. The van der Waals surface area contributed by atoms with E-state index >= 15 is 0 Å². The van der Waals surface area contributed by atoms with Gasteiger partial charge in [-0.3, -0.25) is 9.59 Å². The Hall–Kier alpha value is -2.47. The molecule has 0 spiro atoms. The van der Waals surface area contributed by atoms with Gasteiger partial charge in [-0.1, -0.05) is 35.9 Å². The van der Waals surface area contributed by atoms with Crippen molar-refractivity contribution in [2.45, 2.75) is 12.8 Å². The summed E-state index contributed by atoms with van der Waals surface area (Å²) in [6, 6.07) is 12.9. The largest absolute Gasteiger partial charge is 0.355 e. The summed E-state index contributed by atoms with van der Waals surface area (Å²) in [5.74, 6) is -4.00. The van der Waals surface area contributed by atoms with Crippen molar-refractivity contribution in [3.05, 3.63) is 65.2 Å². The summed E-state index contributed by atoms with van der Waals surface area (Å²) < 4.78 is 26.3. The number of amides is 2. The van der Waals surface area contributed by atoms with E-state index in [2.05, 4.69) is 10.6 Å². The third kappa shape index (κ3) is 5.53. The molecule has 1 aliphatic heterocycles. The van der Waals surface area contributed by atoms with Crippen LogP contribution in [0.3, 0.4) is 0 Å². The maximum absolute atomic E-state index is 13.3. The number of rotatable bonds is 2. The molecule has 2 amide bonds. The molecule has 1 atom stereocenters. The molecule has 1 heterocycles. The topological polar surface area (TPSA) is 58.2 Å². The molecule has 0 aromatic heterocycles. The molecule has 0 bridgehead atoms. The van der Waals surface area contributed by atoms with Crippen molar-refractivity contribution in [3.8, 4) is 0 Å². The summed E-state index contributed by atoms with van der Waals surface area (Å²) in [7, 11) is 0. The number of hydrogen-bond acceptors (Lipinski definition) is 2. The van der Waals surface area contributed by atoms with E-state index in [1.807, 2.05) is 30.3 Å². The van der Waals surface area contributed by atoms with Crippen molar-refractivity contribution in [2.24, 2.45) is 5.92 Å². The zero-order valence-electron chi connectivity index (χ0n) is 13.3. The molecule has 2 N–H and O–H groups in total. The second-order valence-corrected chi connectivity index (χ2v) is 5.81. The average Bonchev–Trinajstić information content (AvgIpc) is 2.60. The number of halogens is 3. The Balaban J connectivity index is 0.000000269. The summed E-state index contributed by atoms with van der Waals surface area (Å²) in [4.78, 5) is 23.2. The number of benzene rings is 2. The molecule has 0 saturated carbocycles. The minimum atomic E-state index is -1.12. The van der Waals surface area contributed by atoms with Crippen molar-refractivity contribution in [3.63, 3.8) is 0 Å². The smallest absolute Gasteiger partial charge is 0.237 e. The summed E-state index contributed by atoms with van der Waals surface area (Å²) in [6.07, 6.45) is 1.10. The Bertz CT molecular complexity index is 741. The van der Waals surface area contributed by atoms with E-state index in [1.54, 1.807) is 0 Å².